The molecule has 1 aliphatic rings. The Bertz CT molecular complexity index is 1500. The number of rotatable bonds is 5. The molecule has 3 aromatic heterocycles. The van der Waals surface area contributed by atoms with Gasteiger partial charge in [-0.2, -0.15) is 14.6 Å². The topological polar surface area (TPSA) is 84.2 Å². The highest BCUT2D eigenvalue weighted by Gasteiger charge is 2.19. The number of ether oxygens (including phenoxy) is 1. The van der Waals surface area contributed by atoms with E-state index in [9.17, 15) is 4.39 Å². The van der Waals surface area contributed by atoms with Crippen molar-refractivity contribution in [3.63, 3.8) is 0 Å². The van der Waals surface area contributed by atoms with Crippen molar-refractivity contribution in [2.45, 2.75) is 26.7 Å². The van der Waals surface area contributed by atoms with Gasteiger partial charge < -0.3 is 9.72 Å². The Morgan fingerprint density at radius 1 is 1.09 bits per heavy atom. The fourth-order valence-electron chi connectivity index (χ4n) is 4.85. The quantitative estimate of drug-likeness (QED) is 0.434. The summed E-state index contributed by atoms with van der Waals surface area (Å²) in [6.07, 6.45) is 1.47. The Morgan fingerprint density at radius 2 is 1.88 bits per heavy atom. The van der Waals surface area contributed by atoms with Gasteiger partial charge in [-0.1, -0.05) is 18.2 Å². The highest BCUT2D eigenvalue weighted by Crippen LogP contribution is 2.31. The van der Waals surface area contributed by atoms with E-state index in [2.05, 4.69) is 40.0 Å². The van der Waals surface area contributed by atoms with E-state index in [-0.39, 0.29) is 5.82 Å². The Hall–Kier alpha value is -3.43. The lowest BCUT2D eigenvalue weighted by Crippen LogP contribution is -2.37. The Labute approximate surface area is 195 Å². The van der Waals surface area contributed by atoms with Gasteiger partial charge in [0.25, 0.3) is 5.78 Å². The van der Waals surface area contributed by atoms with Gasteiger partial charge >= 0.3 is 0 Å². The van der Waals surface area contributed by atoms with Crippen LogP contribution < -0.4 is 0 Å². The zero-order chi connectivity index (χ0) is 23.2. The van der Waals surface area contributed by atoms with Gasteiger partial charge in [0, 0.05) is 31.4 Å². The summed E-state index contributed by atoms with van der Waals surface area (Å²) in [4.78, 5) is 10.6. The molecule has 34 heavy (non-hydrogen) atoms. The van der Waals surface area contributed by atoms with Gasteiger partial charge in [-0.05, 0) is 54.7 Å². The maximum absolute atomic E-state index is 13.3. The minimum Gasteiger partial charge on any atom is -0.379 e. The van der Waals surface area contributed by atoms with Crippen molar-refractivity contribution in [3.05, 3.63) is 64.2 Å². The normalized spacial score (nSPS) is 15.1. The van der Waals surface area contributed by atoms with Gasteiger partial charge in [0.1, 0.15) is 11.3 Å². The van der Waals surface area contributed by atoms with Gasteiger partial charge in [-0.15, -0.1) is 10.2 Å². The minimum absolute atomic E-state index is 0.259. The summed E-state index contributed by atoms with van der Waals surface area (Å²) in [5, 5.41) is 14.6. The second-order valence-electron chi connectivity index (χ2n) is 9.00. The van der Waals surface area contributed by atoms with Crippen LogP contribution in [0.1, 0.15) is 28.1 Å². The molecule has 0 atom stereocenters. The van der Waals surface area contributed by atoms with Crippen LogP contribution in [0.25, 0.3) is 27.8 Å². The summed E-state index contributed by atoms with van der Waals surface area (Å²) in [5.41, 5.74) is 7.25. The van der Waals surface area contributed by atoms with Crippen molar-refractivity contribution in [1.82, 2.24) is 34.7 Å². The molecule has 1 fully saturated rings. The number of fused-ring (bicyclic) bond motifs is 4. The van der Waals surface area contributed by atoms with Crippen molar-refractivity contribution >= 4 is 27.8 Å². The lowest BCUT2D eigenvalue weighted by molar-refractivity contribution is 0.0384. The minimum atomic E-state index is -0.259. The van der Waals surface area contributed by atoms with Gasteiger partial charge in [-0.3, -0.25) is 4.90 Å². The molecule has 8 nitrogen and oxygen atoms in total. The predicted octanol–water partition coefficient (Wildman–Crippen LogP) is 3.38. The lowest BCUT2D eigenvalue weighted by atomic mass is 9.98. The average Bonchev–Trinajstić information content (AvgIpc) is 3.42. The summed E-state index contributed by atoms with van der Waals surface area (Å²) >= 11 is 0. The molecule has 0 spiro atoms. The molecule has 0 radical (unpaired) electrons. The van der Waals surface area contributed by atoms with Crippen LogP contribution >= 0.6 is 0 Å². The number of hydrogen-bond donors (Lipinski definition) is 1. The van der Waals surface area contributed by atoms with Gasteiger partial charge in [0.15, 0.2) is 11.5 Å². The third-order valence-electron chi connectivity index (χ3n) is 6.77. The van der Waals surface area contributed by atoms with Crippen LogP contribution in [0.4, 0.5) is 4.39 Å². The second-order valence-corrected chi connectivity index (χ2v) is 9.00. The summed E-state index contributed by atoms with van der Waals surface area (Å²) in [5.74, 6) is 0.854. The first-order valence-corrected chi connectivity index (χ1v) is 11.6. The number of H-pyrrole nitrogens is 1. The van der Waals surface area contributed by atoms with Crippen LogP contribution in [-0.2, 0) is 17.6 Å². The Morgan fingerprint density at radius 3 is 2.68 bits per heavy atom. The summed E-state index contributed by atoms with van der Waals surface area (Å²) in [6, 6.07) is 8.68. The fraction of sp³-hybridized carbons (Fsp3) is 0.360. The van der Waals surface area contributed by atoms with Crippen molar-refractivity contribution < 1.29 is 9.13 Å². The smallest absolute Gasteiger partial charge is 0.273 e. The third kappa shape index (κ3) is 3.70. The molecule has 1 saturated heterocycles. The van der Waals surface area contributed by atoms with Crippen molar-refractivity contribution in [2.24, 2.45) is 0 Å². The van der Waals surface area contributed by atoms with E-state index in [1.165, 1.54) is 28.8 Å². The van der Waals surface area contributed by atoms with Crippen molar-refractivity contribution in [2.75, 3.05) is 32.8 Å². The second kappa shape index (κ2) is 8.41. The Balaban J connectivity index is 1.41. The molecular formula is C25H26FN7O. The number of halogens is 1. The van der Waals surface area contributed by atoms with E-state index in [1.54, 1.807) is 16.6 Å². The molecule has 0 aliphatic carbocycles. The molecule has 6 rings (SSSR count). The van der Waals surface area contributed by atoms with E-state index >= 15 is 0 Å². The standard InChI is InChI=1S/C25H26FN7O/c1-15-13-18(7-8-32-9-11-34-12-10-32)16(2)21-22(15)27-24-23(21)31-33-20(29-30-25(33)28-24)14-17-3-5-19(26)6-4-17/h3-6,13H,7-12,14H2,1-2H3,(H,27,28,30). The van der Waals surface area contributed by atoms with Crippen LogP contribution in [0.3, 0.4) is 0 Å². The van der Waals surface area contributed by atoms with Gasteiger partial charge in [0.2, 0.25) is 0 Å². The van der Waals surface area contributed by atoms with E-state index in [0.717, 1.165) is 61.3 Å². The lowest BCUT2D eigenvalue weighted by Gasteiger charge is -2.26. The molecule has 0 saturated carbocycles. The van der Waals surface area contributed by atoms with Gasteiger partial charge in [-0.25, -0.2) is 4.39 Å². The first kappa shape index (κ1) is 21.1. The first-order chi connectivity index (χ1) is 16.6. The first-order valence-electron chi connectivity index (χ1n) is 11.6. The number of aromatic nitrogens is 6. The molecule has 1 aliphatic heterocycles. The third-order valence-corrected chi connectivity index (χ3v) is 6.77. The highest BCUT2D eigenvalue weighted by atomic mass is 19.1. The zero-order valence-corrected chi connectivity index (χ0v) is 19.3. The number of morpholine rings is 1. The molecule has 9 heteroatoms. The molecule has 0 unspecified atom stereocenters. The van der Waals surface area contributed by atoms with Crippen molar-refractivity contribution in [1.29, 1.82) is 0 Å². The summed E-state index contributed by atoms with van der Waals surface area (Å²) in [6.45, 7) is 8.90. The number of aryl methyl sites for hydroxylation is 2. The molecular weight excluding hydrogens is 433 g/mol. The zero-order valence-electron chi connectivity index (χ0n) is 19.3. The number of benzene rings is 2. The number of hydrogen-bond acceptors (Lipinski definition) is 6. The molecule has 0 amide bonds. The van der Waals surface area contributed by atoms with E-state index < -0.39 is 0 Å². The van der Waals surface area contributed by atoms with Crippen LogP contribution in [0.15, 0.2) is 30.3 Å². The highest BCUT2D eigenvalue weighted by molar-refractivity contribution is 6.07. The number of nitrogens with zero attached hydrogens (tertiary/aromatic N) is 6. The molecule has 4 heterocycles. The monoisotopic (exact) mass is 459 g/mol. The van der Waals surface area contributed by atoms with Crippen LogP contribution in [0, 0.1) is 19.7 Å². The molecule has 2 aromatic carbocycles. The largest absolute Gasteiger partial charge is 0.379 e. The summed E-state index contributed by atoms with van der Waals surface area (Å²) < 4.78 is 20.5. The predicted molar refractivity (Wildman–Crippen MR) is 128 cm³/mol. The van der Waals surface area contributed by atoms with E-state index in [4.69, 9.17) is 14.8 Å². The maximum atomic E-state index is 13.3. The molecule has 0 bridgehead atoms. The van der Waals surface area contributed by atoms with E-state index in [0.29, 0.717) is 23.7 Å². The van der Waals surface area contributed by atoms with E-state index in [1.807, 2.05) is 0 Å². The van der Waals surface area contributed by atoms with Crippen LogP contribution in [-0.4, -0.2) is 67.5 Å². The average molecular weight is 460 g/mol. The fourth-order valence-corrected chi connectivity index (χ4v) is 4.85. The molecule has 1 N–H and O–H groups in total. The Kier molecular flexibility index (Phi) is 5.23. The summed E-state index contributed by atoms with van der Waals surface area (Å²) in [7, 11) is 0. The van der Waals surface area contributed by atoms with Crippen LogP contribution in [0.5, 0.6) is 0 Å². The molecule has 174 valence electrons. The van der Waals surface area contributed by atoms with Crippen molar-refractivity contribution in [3.8, 4) is 0 Å². The van der Waals surface area contributed by atoms with Gasteiger partial charge in [0.05, 0.1) is 18.7 Å². The SMILES string of the molecule is Cc1cc(CCN2CCOCC2)c(C)c2c1[nH]c1nc3nnc(Cc4ccc(F)cc4)n3nc12. The molecule has 5 aromatic rings. The maximum Gasteiger partial charge on any atom is 0.273 e. The number of nitrogens with one attached hydrogen (secondary N) is 1. The number of aromatic amines is 1. The van der Waals surface area contributed by atoms with Crippen LogP contribution in [0.2, 0.25) is 0 Å².